The van der Waals surface area contributed by atoms with E-state index in [1.807, 2.05) is 34.9 Å². The van der Waals surface area contributed by atoms with E-state index in [1.165, 1.54) is 0 Å². The van der Waals surface area contributed by atoms with Crippen molar-refractivity contribution in [1.29, 1.82) is 0 Å². The summed E-state index contributed by atoms with van der Waals surface area (Å²) in [6.45, 7) is 7.30. The van der Waals surface area contributed by atoms with Gasteiger partial charge in [0.2, 0.25) is 11.8 Å². The second-order valence-corrected chi connectivity index (χ2v) is 8.67. The van der Waals surface area contributed by atoms with E-state index < -0.39 is 0 Å². The summed E-state index contributed by atoms with van der Waals surface area (Å²) in [6, 6.07) is 9.86. The third kappa shape index (κ3) is 4.09. The average molecular weight is 387 g/mol. The van der Waals surface area contributed by atoms with E-state index in [1.54, 1.807) is 0 Å². The van der Waals surface area contributed by atoms with Crippen molar-refractivity contribution in [1.82, 2.24) is 9.80 Å². The van der Waals surface area contributed by atoms with Gasteiger partial charge in [-0.1, -0.05) is 57.5 Å². The van der Waals surface area contributed by atoms with Crippen molar-refractivity contribution < 1.29 is 14.7 Å². The summed E-state index contributed by atoms with van der Waals surface area (Å²) in [5.74, 6) is 0.818. The van der Waals surface area contributed by atoms with Gasteiger partial charge in [0.25, 0.3) is 0 Å². The fourth-order valence-corrected chi connectivity index (χ4v) is 4.63. The standard InChI is InChI=1S/C23H34N2O3/c1-4-21(27)24(13-16(2)3)14-19-22(17-9-6-5-7-10-17)20(15-26)25(19)23(28)18-11-8-12-18/h5-7,9-10,16,18-20,22,26H,4,8,11-15H2,1-3H3/t19-,20+,22-/m1/s1. The largest absolute Gasteiger partial charge is 0.394 e. The van der Waals surface area contributed by atoms with Crippen LogP contribution in [0.1, 0.15) is 57.9 Å². The molecular weight excluding hydrogens is 352 g/mol. The first-order valence-electron chi connectivity index (χ1n) is 10.7. The van der Waals surface area contributed by atoms with Crippen LogP contribution in [0.3, 0.4) is 0 Å². The maximum atomic E-state index is 13.1. The van der Waals surface area contributed by atoms with Gasteiger partial charge in [0.1, 0.15) is 0 Å². The monoisotopic (exact) mass is 386 g/mol. The number of likely N-dealkylation sites (tertiary alicyclic amines) is 1. The van der Waals surface area contributed by atoms with Crippen molar-refractivity contribution in [3.63, 3.8) is 0 Å². The van der Waals surface area contributed by atoms with E-state index in [4.69, 9.17) is 0 Å². The fraction of sp³-hybridized carbons (Fsp3) is 0.652. The molecule has 0 aromatic heterocycles. The van der Waals surface area contributed by atoms with E-state index in [-0.39, 0.29) is 42.3 Å². The van der Waals surface area contributed by atoms with Gasteiger partial charge in [0, 0.05) is 31.3 Å². The summed E-state index contributed by atoms with van der Waals surface area (Å²) in [6.07, 6.45) is 3.46. The molecule has 0 radical (unpaired) electrons. The van der Waals surface area contributed by atoms with Crippen LogP contribution in [0.4, 0.5) is 0 Å². The SMILES string of the molecule is CCC(=O)N(CC(C)C)C[C@@H]1[C@@H](c2ccccc2)[C@H](CO)N1C(=O)C1CCC1. The van der Waals surface area contributed by atoms with Crippen LogP contribution < -0.4 is 0 Å². The number of rotatable bonds is 8. The molecule has 0 unspecified atom stereocenters. The molecule has 1 saturated heterocycles. The molecule has 0 bridgehead atoms. The van der Waals surface area contributed by atoms with Crippen LogP contribution in [-0.4, -0.2) is 58.5 Å². The van der Waals surface area contributed by atoms with Crippen molar-refractivity contribution in [2.75, 3.05) is 19.7 Å². The minimum absolute atomic E-state index is 0.0412. The molecule has 1 N–H and O–H groups in total. The predicted molar refractivity (Wildman–Crippen MR) is 110 cm³/mol. The van der Waals surface area contributed by atoms with Crippen LogP contribution in [0.15, 0.2) is 30.3 Å². The Morgan fingerprint density at radius 2 is 1.86 bits per heavy atom. The molecule has 2 fully saturated rings. The highest BCUT2D eigenvalue weighted by Gasteiger charge is 2.53. The van der Waals surface area contributed by atoms with Crippen LogP contribution in [0.25, 0.3) is 0 Å². The number of amides is 2. The Labute approximate surface area is 168 Å². The highest BCUT2D eigenvalue weighted by molar-refractivity contribution is 5.82. The minimum Gasteiger partial charge on any atom is -0.394 e. The van der Waals surface area contributed by atoms with E-state index in [0.29, 0.717) is 25.4 Å². The number of carbonyl (C=O) groups is 2. The molecule has 5 nitrogen and oxygen atoms in total. The van der Waals surface area contributed by atoms with Gasteiger partial charge in [0.05, 0.1) is 18.7 Å². The van der Waals surface area contributed by atoms with E-state index in [2.05, 4.69) is 26.0 Å². The van der Waals surface area contributed by atoms with Gasteiger partial charge in [0.15, 0.2) is 0 Å². The van der Waals surface area contributed by atoms with Crippen LogP contribution in [0.2, 0.25) is 0 Å². The Balaban J connectivity index is 1.87. The molecular formula is C23H34N2O3. The summed E-state index contributed by atoms with van der Waals surface area (Å²) in [5.41, 5.74) is 1.14. The van der Waals surface area contributed by atoms with Gasteiger partial charge >= 0.3 is 0 Å². The lowest BCUT2D eigenvalue weighted by molar-refractivity contribution is -0.161. The van der Waals surface area contributed by atoms with Crippen LogP contribution in [0.5, 0.6) is 0 Å². The van der Waals surface area contributed by atoms with Gasteiger partial charge in [-0.25, -0.2) is 0 Å². The smallest absolute Gasteiger partial charge is 0.226 e. The van der Waals surface area contributed by atoms with Gasteiger partial charge in [-0.05, 0) is 24.3 Å². The molecule has 1 saturated carbocycles. The maximum Gasteiger partial charge on any atom is 0.226 e. The molecule has 1 aliphatic carbocycles. The first kappa shape index (κ1) is 20.8. The molecule has 3 rings (SSSR count). The van der Waals surface area contributed by atoms with Crippen molar-refractivity contribution in [3.8, 4) is 0 Å². The molecule has 1 heterocycles. The molecule has 2 aliphatic rings. The van der Waals surface area contributed by atoms with Crippen LogP contribution >= 0.6 is 0 Å². The summed E-state index contributed by atoms with van der Waals surface area (Å²) in [4.78, 5) is 29.5. The van der Waals surface area contributed by atoms with Gasteiger partial charge in [-0.2, -0.15) is 0 Å². The topological polar surface area (TPSA) is 60.9 Å². The second-order valence-electron chi connectivity index (χ2n) is 8.67. The Morgan fingerprint density at radius 1 is 1.18 bits per heavy atom. The Bertz CT molecular complexity index is 672. The number of aliphatic hydroxyl groups is 1. The first-order valence-corrected chi connectivity index (χ1v) is 10.7. The lowest BCUT2D eigenvalue weighted by Crippen LogP contribution is -2.70. The lowest BCUT2D eigenvalue weighted by Gasteiger charge is -2.57. The quantitative estimate of drug-likeness (QED) is 0.747. The molecule has 3 atom stereocenters. The number of hydrogen-bond donors (Lipinski definition) is 1. The Hall–Kier alpha value is -1.88. The van der Waals surface area contributed by atoms with E-state index >= 15 is 0 Å². The maximum absolute atomic E-state index is 13.1. The summed E-state index contributed by atoms with van der Waals surface area (Å²) >= 11 is 0. The molecule has 1 aromatic rings. The zero-order valence-electron chi connectivity index (χ0n) is 17.4. The van der Waals surface area contributed by atoms with Crippen molar-refractivity contribution in [3.05, 3.63) is 35.9 Å². The zero-order valence-corrected chi connectivity index (χ0v) is 17.4. The van der Waals surface area contributed by atoms with E-state index in [9.17, 15) is 14.7 Å². The van der Waals surface area contributed by atoms with Crippen LogP contribution in [0, 0.1) is 11.8 Å². The highest BCUT2D eigenvalue weighted by Crippen LogP contribution is 2.44. The number of carbonyl (C=O) groups excluding carboxylic acids is 2. The summed E-state index contributed by atoms with van der Waals surface area (Å²) in [5, 5.41) is 10.1. The average Bonchev–Trinajstić information content (AvgIpc) is 2.62. The number of aliphatic hydroxyl groups excluding tert-OH is 1. The lowest BCUT2D eigenvalue weighted by atomic mass is 9.72. The summed E-state index contributed by atoms with van der Waals surface area (Å²) in [7, 11) is 0. The molecule has 154 valence electrons. The van der Waals surface area contributed by atoms with Gasteiger partial charge in [-0.3, -0.25) is 9.59 Å². The minimum atomic E-state index is -0.196. The molecule has 5 heteroatoms. The molecule has 28 heavy (non-hydrogen) atoms. The van der Waals surface area contributed by atoms with Crippen molar-refractivity contribution in [2.24, 2.45) is 11.8 Å². The summed E-state index contributed by atoms with van der Waals surface area (Å²) < 4.78 is 0. The Kier molecular flexibility index (Phi) is 6.76. The third-order valence-electron chi connectivity index (χ3n) is 6.27. The molecule has 1 aromatic carbocycles. The fourth-order valence-electron chi connectivity index (χ4n) is 4.63. The number of benzene rings is 1. The number of hydrogen-bond acceptors (Lipinski definition) is 3. The van der Waals surface area contributed by atoms with Gasteiger partial charge in [-0.15, -0.1) is 0 Å². The predicted octanol–water partition coefficient (Wildman–Crippen LogP) is 3.04. The van der Waals surface area contributed by atoms with E-state index in [0.717, 1.165) is 24.8 Å². The molecule has 1 aliphatic heterocycles. The second kappa shape index (κ2) is 9.08. The molecule has 2 amide bonds. The highest BCUT2D eigenvalue weighted by atomic mass is 16.3. The van der Waals surface area contributed by atoms with Crippen molar-refractivity contribution >= 4 is 11.8 Å². The zero-order chi connectivity index (χ0) is 20.3. The normalized spacial score (nSPS) is 24.6. The first-order chi connectivity index (χ1) is 13.5. The van der Waals surface area contributed by atoms with Crippen molar-refractivity contribution in [2.45, 2.75) is 64.5 Å². The molecule has 0 spiro atoms. The number of nitrogens with zero attached hydrogens (tertiary/aromatic N) is 2. The van der Waals surface area contributed by atoms with Crippen LogP contribution in [-0.2, 0) is 9.59 Å². The third-order valence-corrected chi connectivity index (χ3v) is 6.27. The van der Waals surface area contributed by atoms with Gasteiger partial charge < -0.3 is 14.9 Å². The Morgan fingerprint density at radius 3 is 2.36 bits per heavy atom.